The Bertz CT molecular complexity index is 521. The molecule has 0 spiro atoms. The normalized spacial score (nSPS) is 25.2. The fraction of sp³-hybridized carbons (Fsp3) is 0.833. The van der Waals surface area contributed by atoms with Gasteiger partial charge in [0.2, 0.25) is 0 Å². The highest BCUT2D eigenvalue weighted by molar-refractivity contribution is 5.70. The van der Waals surface area contributed by atoms with E-state index in [1.54, 1.807) is 0 Å². The van der Waals surface area contributed by atoms with Gasteiger partial charge in [0, 0.05) is 62.8 Å². The van der Waals surface area contributed by atoms with Gasteiger partial charge < -0.3 is 15.3 Å². The molecule has 3 aliphatic heterocycles. The Morgan fingerprint density at radius 1 is 0.704 bits per heavy atom. The smallest absolute Gasteiger partial charge is 0.304 e. The van der Waals surface area contributed by atoms with Crippen LogP contribution in [0.15, 0.2) is 0 Å². The third-order valence-corrected chi connectivity index (χ3v) is 6.35. The summed E-state index contributed by atoms with van der Waals surface area (Å²) < 4.78 is 0. The van der Waals surface area contributed by atoms with Crippen molar-refractivity contribution in [1.29, 1.82) is 0 Å². The van der Waals surface area contributed by atoms with Crippen LogP contribution in [0.1, 0.15) is 32.6 Å². The lowest BCUT2D eigenvalue weighted by molar-refractivity contribution is -0.144. The predicted molar refractivity (Wildman–Crippen MR) is 95.6 cm³/mol. The van der Waals surface area contributed by atoms with Crippen molar-refractivity contribution < 1.29 is 29.7 Å². The summed E-state index contributed by atoms with van der Waals surface area (Å²) in [5.41, 5.74) is -0.724. The number of carbonyl (C=O) groups is 3. The van der Waals surface area contributed by atoms with Crippen molar-refractivity contribution in [2.24, 2.45) is 5.41 Å². The van der Waals surface area contributed by atoms with Crippen LogP contribution in [-0.4, -0.2) is 105 Å². The fourth-order valence-electron chi connectivity index (χ4n) is 4.95. The number of rotatable bonds is 13. The molecular formula is C18H29N3O6. The molecule has 3 aliphatic rings. The highest BCUT2D eigenvalue weighted by Gasteiger charge is 2.60. The van der Waals surface area contributed by atoms with E-state index in [2.05, 4.69) is 14.7 Å². The average molecular weight is 383 g/mol. The van der Waals surface area contributed by atoms with Gasteiger partial charge in [-0.1, -0.05) is 6.92 Å². The topological polar surface area (TPSA) is 121 Å². The lowest BCUT2D eigenvalue weighted by Gasteiger charge is -2.51. The summed E-state index contributed by atoms with van der Waals surface area (Å²) in [5, 5.41) is 28.7. The minimum absolute atomic E-state index is 0.0955. The molecule has 3 N–H and O–H groups in total. The van der Waals surface area contributed by atoms with Crippen molar-refractivity contribution in [1.82, 2.24) is 14.7 Å². The summed E-state index contributed by atoms with van der Waals surface area (Å²) in [7, 11) is 0. The summed E-state index contributed by atoms with van der Waals surface area (Å²) in [6, 6.07) is -1.10. The van der Waals surface area contributed by atoms with E-state index in [-0.39, 0.29) is 37.4 Å². The Balaban J connectivity index is 2.07. The van der Waals surface area contributed by atoms with Gasteiger partial charge >= 0.3 is 17.9 Å². The Kier molecular flexibility index (Phi) is 5.73. The van der Waals surface area contributed by atoms with Crippen LogP contribution in [0.25, 0.3) is 0 Å². The number of carboxylic acid groups (broad SMARTS) is 3. The van der Waals surface area contributed by atoms with Gasteiger partial charge in [-0.15, -0.1) is 0 Å². The Labute approximate surface area is 158 Å². The molecule has 9 heteroatoms. The highest BCUT2D eigenvalue weighted by atomic mass is 16.4. The molecule has 3 fully saturated rings. The molecule has 0 amide bonds. The van der Waals surface area contributed by atoms with Crippen LogP contribution < -0.4 is 0 Å². The number of hydrogen-bond acceptors (Lipinski definition) is 6. The first-order chi connectivity index (χ1) is 12.8. The molecule has 0 aliphatic carbocycles. The molecule has 3 atom stereocenters. The average Bonchev–Trinajstić information content (AvgIpc) is 3.47. The van der Waals surface area contributed by atoms with Crippen LogP contribution in [0.5, 0.6) is 0 Å². The molecule has 3 unspecified atom stereocenters. The van der Waals surface area contributed by atoms with Gasteiger partial charge in [0.1, 0.15) is 0 Å². The van der Waals surface area contributed by atoms with Crippen molar-refractivity contribution in [2.45, 2.75) is 50.7 Å². The van der Waals surface area contributed by atoms with Crippen molar-refractivity contribution in [2.75, 3.05) is 39.3 Å². The molecule has 27 heavy (non-hydrogen) atoms. The third-order valence-electron chi connectivity index (χ3n) is 6.35. The summed E-state index contributed by atoms with van der Waals surface area (Å²) in [4.78, 5) is 41.3. The molecule has 152 valence electrons. The largest absolute Gasteiger partial charge is 0.481 e. The monoisotopic (exact) mass is 383 g/mol. The molecule has 0 aromatic rings. The van der Waals surface area contributed by atoms with Crippen molar-refractivity contribution >= 4 is 17.9 Å². The molecule has 9 nitrogen and oxygen atoms in total. The number of aliphatic carboxylic acids is 3. The Hall–Kier alpha value is -1.71. The second-order valence-corrected chi connectivity index (χ2v) is 7.91. The molecule has 0 bridgehead atoms. The van der Waals surface area contributed by atoms with E-state index in [0.29, 0.717) is 6.42 Å². The minimum atomic E-state index is -0.926. The second kappa shape index (κ2) is 7.73. The molecule has 0 saturated carbocycles. The predicted octanol–water partition coefficient (Wildman–Crippen LogP) is -0.140. The second-order valence-electron chi connectivity index (χ2n) is 7.91. The zero-order chi connectivity index (χ0) is 19.8. The summed E-state index contributed by atoms with van der Waals surface area (Å²) in [5.74, 6) is -2.78. The van der Waals surface area contributed by atoms with Crippen LogP contribution in [-0.2, 0) is 14.4 Å². The Morgan fingerprint density at radius 3 is 1.11 bits per heavy atom. The zero-order valence-corrected chi connectivity index (χ0v) is 15.7. The first-order valence-electron chi connectivity index (χ1n) is 9.67. The summed E-state index contributed by atoms with van der Waals surface area (Å²) in [6.45, 7) is 6.62. The quantitative estimate of drug-likeness (QED) is 0.373. The molecule has 0 aromatic carbocycles. The molecule has 0 radical (unpaired) electrons. The maximum absolute atomic E-state index is 11.7. The first kappa shape index (κ1) is 20.0. The van der Waals surface area contributed by atoms with Crippen LogP contribution in [0.3, 0.4) is 0 Å². The van der Waals surface area contributed by atoms with Crippen molar-refractivity contribution in [3.63, 3.8) is 0 Å². The van der Waals surface area contributed by atoms with Crippen molar-refractivity contribution in [3.8, 4) is 0 Å². The van der Waals surface area contributed by atoms with Gasteiger partial charge in [-0.25, -0.2) is 0 Å². The lowest BCUT2D eigenvalue weighted by atomic mass is 9.63. The van der Waals surface area contributed by atoms with E-state index in [9.17, 15) is 29.7 Å². The van der Waals surface area contributed by atoms with Gasteiger partial charge in [0.05, 0.1) is 19.3 Å². The number of hydrogen-bond donors (Lipinski definition) is 3. The molecule has 3 rings (SSSR count). The van der Waals surface area contributed by atoms with Gasteiger partial charge in [-0.3, -0.25) is 29.1 Å². The van der Waals surface area contributed by atoms with E-state index >= 15 is 0 Å². The molecular weight excluding hydrogens is 354 g/mol. The SMILES string of the molecule is CCC(C(CC(=O)O)N1CC1)(C(CC(=O)O)N1CC1)C(CC(=O)O)N1CC1. The van der Waals surface area contributed by atoms with Crippen LogP contribution in [0, 0.1) is 5.41 Å². The van der Waals surface area contributed by atoms with E-state index in [4.69, 9.17) is 0 Å². The molecule has 3 heterocycles. The van der Waals surface area contributed by atoms with Gasteiger partial charge in [0.25, 0.3) is 0 Å². The first-order valence-corrected chi connectivity index (χ1v) is 9.67. The highest BCUT2D eigenvalue weighted by Crippen LogP contribution is 2.49. The maximum Gasteiger partial charge on any atom is 0.304 e. The number of nitrogens with zero attached hydrogens (tertiary/aromatic N) is 3. The fourth-order valence-corrected chi connectivity index (χ4v) is 4.95. The Morgan fingerprint density at radius 2 is 0.963 bits per heavy atom. The van der Waals surface area contributed by atoms with E-state index < -0.39 is 23.3 Å². The summed E-state index contributed by atoms with van der Waals surface area (Å²) in [6.07, 6.45) is 0.260. The minimum Gasteiger partial charge on any atom is -0.481 e. The van der Waals surface area contributed by atoms with E-state index in [1.807, 2.05) is 6.92 Å². The van der Waals surface area contributed by atoms with Crippen LogP contribution in [0.2, 0.25) is 0 Å². The third kappa shape index (κ3) is 4.41. The maximum atomic E-state index is 11.7. The summed E-state index contributed by atoms with van der Waals surface area (Å²) >= 11 is 0. The zero-order valence-electron chi connectivity index (χ0n) is 15.7. The van der Waals surface area contributed by atoms with Crippen LogP contribution >= 0.6 is 0 Å². The van der Waals surface area contributed by atoms with Gasteiger partial charge in [-0.05, 0) is 6.42 Å². The van der Waals surface area contributed by atoms with Crippen molar-refractivity contribution in [3.05, 3.63) is 0 Å². The van der Waals surface area contributed by atoms with Gasteiger partial charge in [0.15, 0.2) is 0 Å². The molecule has 0 aromatic heterocycles. The van der Waals surface area contributed by atoms with E-state index in [0.717, 1.165) is 39.3 Å². The standard InChI is InChI=1S/C18H29N3O6/c1-2-18(12(9-15(22)23)19-3-4-19,13(10-16(24)25)20-5-6-20)14(11-17(26)27)21-7-8-21/h12-14H,2-11H2,1H3,(H,22,23)(H,24,25)(H,26,27). The number of carboxylic acids is 3. The van der Waals surface area contributed by atoms with Crippen LogP contribution in [0.4, 0.5) is 0 Å². The van der Waals surface area contributed by atoms with Gasteiger partial charge in [-0.2, -0.15) is 0 Å². The molecule has 3 saturated heterocycles. The van der Waals surface area contributed by atoms with E-state index in [1.165, 1.54) is 0 Å². The lowest BCUT2D eigenvalue weighted by Crippen LogP contribution is -2.61.